The second kappa shape index (κ2) is 5.20. The summed E-state index contributed by atoms with van der Waals surface area (Å²) < 4.78 is 39.2. The van der Waals surface area contributed by atoms with Crippen molar-refractivity contribution >= 4 is 5.91 Å². The third-order valence-electron chi connectivity index (χ3n) is 2.83. The molecule has 1 amide bonds. The number of amides is 1. The third-order valence-corrected chi connectivity index (χ3v) is 2.83. The lowest BCUT2D eigenvalue weighted by Crippen LogP contribution is -2.61. The number of nitrogens with one attached hydrogen (secondary N) is 1. The quantitative estimate of drug-likeness (QED) is 0.858. The Balaban J connectivity index is 2.74. The fourth-order valence-electron chi connectivity index (χ4n) is 1.52. The van der Waals surface area contributed by atoms with Crippen molar-refractivity contribution in [2.75, 3.05) is 0 Å². The number of alkyl halides is 3. The number of halogens is 3. The highest BCUT2D eigenvalue weighted by Gasteiger charge is 2.53. The summed E-state index contributed by atoms with van der Waals surface area (Å²) in [4.78, 5) is 11.5. The molecule has 0 radical (unpaired) electrons. The predicted molar refractivity (Wildman–Crippen MR) is 63.1 cm³/mol. The highest BCUT2D eigenvalue weighted by molar-refractivity contribution is 5.86. The largest absolute Gasteiger partial charge is 0.415 e. The average molecular weight is 278 g/mol. The van der Waals surface area contributed by atoms with Gasteiger partial charge in [0.1, 0.15) is 0 Å². The molecule has 0 fully saturated rings. The Labute approximate surface area is 109 Å². The molecule has 0 spiro atoms. The lowest BCUT2D eigenvalue weighted by Gasteiger charge is -2.26. The van der Waals surface area contributed by atoms with E-state index < -0.39 is 17.6 Å². The van der Waals surface area contributed by atoms with Gasteiger partial charge >= 0.3 is 6.18 Å². The van der Waals surface area contributed by atoms with Crippen molar-refractivity contribution in [3.05, 3.63) is 17.5 Å². The molecule has 3 N–H and O–H groups in total. The number of aromatic nitrogens is 2. The highest BCUT2D eigenvalue weighted by atomic mass is 19.4. The summed E-state index contributed by atoms with van der Waals surface area (Å²) in [7, 11) is 1.70. The zero-order valence-corrected chi connectivity index (χ0v) is 11.0. The van der Waals surface area contributed by atoms with Crippen molar-refractivity contribution in [2.45, 2.75) is 38.5 Å². The number of carbonyl (C=O) groups excluding carboxylic acids is 1. The van der Waals surface area contributed by atoms with Gasteiger partial charge in [0, 0.05) is 25.4 Å². The summed E-state index contributed by atoms with van der Waals surface area (Å²) in [5.41, 5.74) is 3.53. The van der Waals surface area contributed by atoms with E-state index in [1.54, 1.807) is 17.9 Å². The highest BCUT2D eigenvalue weighted by Crippen LogP contribution is 2.28. The van der Waals surface area contributed by atoms with E-state index in [1.807, 2.05) is 6.92 Å². The van der Waals surface area contributed by atoms with Crippen molar-refractivity contribution in [1.82, 2.24) is 15.1 Å². The molecule has 8 heteroatoms. The summed E-state index contributed by atoms with van der Waals surface area (Å²) in [5, 5.41) is 6.33. The summed E-state index contributed by atoms with van der Waals surface area (Å²) in [6, 6.07) is 0. The molecule has 0 saturated heterocycles. The number of nitrogens with zero attached hydrogens (tertiary/aromatic N) is 2. The first-order valence-corrected chi connectivity index (χ1v) is 5.75. The lowest BCUT2D eigenvalue weighted by molar-refractivity contribution is -0.187. The van der Waals surface area contributed by atoms with Crippen molar-refractivity contribution in [3.8, 4) is 0 Å². The van der Waals surface area contributed by atoms with Crippen LogP contribution in [0.25, 0.3) is 0 Å². The molecule has 0 bridgehead atoms. The molecule has 1 unspecified atom stereocenters. The van der Waals surface area contributed by atoms with Gasteiger partial charge in [-0.1, -0.05) is 6.92 Å². The van der Waals surface area contributed by atoms with E-state index >= 15 is 0 Å². The zero-order valence-electron chi connectivity index (χ0n) is 11.0. The molecule has 1 rings (SSSR count). The summed E-state index contributed by atoms with van der Waals surface area (Å²) in [6.07, 6.45) is -2.51. The van der Waals surface area contributed by atoms with E-state index in [0.29, 0.717) is 18.9 Å². The van der Waals surface area contributed by atoms with Crippen LogP contribution in [0.5, 0.6) is 0 Å². The van der Waals surface area contributed by atoms with Crippen molar-refractivity contribution < 1.29 is 18.0 Å². The first-order valence-electron chi connectivity index (χ1n) is 5.75. The van der Waals surface area contributed by atoms with Gasteiger partial charge in [-0.3, -0.25) is 9.48 Å². The fraction of sp³-hybridized carbons (Fsp3) is 0.636. The molecule has 0 aliphatic carbocycles. The Morgan fingerprint density at radius 1 is 1.53 bits per heavy atom. The van der Waals surface area contributed by atoms with E-state index in [2.05, 4.69) is 10.4 Å². The molecule has 108 valence electrons. The Morgan fingerprint density at radius 3 is 2.58 bits per heavy atom. The molecule has 0 aromatic carbocycles. The normalized spacial score (nSPS) is 15.1. The number of hydrogen-bond acceptors (Lipinski definition) is 3. The van der Waals surface area contributed by atoms with E-state index in [0.717, 1.165) is 5.69 Å². The number of hydrogen-bond donors (Lipinski definition) is 2. The van der Waals surface area contributed by atoms with E-state index in [9.17, 15) is 18.0 Å². The van der Waals surface area contributed by atoms with E-state index in [-0.39, 0.29) is 6.54 Å². The molecule has 1 aromatic rings. The number of rotatable bonds is 4. The first-order chi connectivity index (χ1) is 8.59. The van der Waals surface area contributed by atoms with Crippen molar-refractivity contribution in [3.63, 3.8) is 0 Å². The fourth-order valence-corrected chi connectivity index (χ4v) is 1.52. The van der Waals surface area contributed by atoms with Crippen LogP contribution >= 0.6 is 0 Å². The maximum atomic E-state index is 12.6. The summed E-state index contributed by atoms with van der Waals surface area (Å²) >= 11 is 0. The molecule has 1 heterocycles. The van der Waals surface area contributed by atoms with Crippen LogP contribution < -0.4 is 11.1 Å². The monoisotopic (exact) mass is 278 g/mol. The minimum absolute atomic E-state index is 0.0291. The molecule has 0 saturated carbocycles. The second-order valence-corrected chi connectivity index (χ2v) is 4.51. The molecule has 1 aromatic heterocycles. The molecule has 0 aliphatic rings. The molecular weight excluding hydrogens is 261 g/mol. The Kier molecular flexibility index (Phi) is 4.24. The van der Waals surface area contributed by atoms with Gasteiger partial charge in [0.05, 0.1) is 5.69 Å². The molecule has 0 aliphatic heterocycles. The van der Waals surface area contributed by atoms with Gasteiger partial charge in [0.15, 0.2) is 5.54 Å². The summed E-state index contributed by atoms with van der Waals surface area (Å²) in [6.45, 7) is 2.49. The minimum Gasteiger partial charge on any atom is -0.350 e. The van der Waals surface area contributed by atoms with E-state index in [4.69, 9.17) is 5.73 Å². The van der Waals surface area contributed by atoms with Gasteiger partial charge in [0.25, 0.3) is 0 Å². The number of carbonyl (C=O) groups is 1. The van der Waals surface area contributed by atoms with Crippen LogP contribution in [0, 0.1) is 0 Å². The molecule has 5 nitrogen and oxygen atoms in total. The van der Waals surface area contributed by atoms with Gasteiger partial charge in [-0.2, -0.15) is 18.3 Å². The Hall–Kier alpha value is -1.57. The maximum Gasteiger partial charge on any atom is 0.415 e. The topological polar surface area (TPSA) is 72.9 Å². The number of aryl methyl sites for hydroxylation is 2. The van der Waals surface area contributed by atoms with Crippen LogP contribution in [-0.2, 0) is 24.8 Å². The second-order valence-electron chi connectivity index (χ2n) is 4.51. The summed E-state index contributed by atoms with van der Waals surface area (Å²) in [5.74, 6) is -1.26. The zero-order chi connectivity index (χ0) is 14.8. The van der Waals surface area contributed by atoms with Gasteiger partial charge in [0.2, 0.25) is 5.91 Å². The number of nitrogens with two attached hydrogens (primary N) is 1. The van der Waals surface area contributed by atoms with Gasteiger partial charge < -0.3 is 11.1 Å². The molecular formula is C11H17F3N4O. The van der Waals surface area contributed by atoms with Gasteiger partial charge in [-0.15, -0.1) is 0 Å². The Morgan fingerprint density at radius 2 is 2.11 bits per heavy atom. The molecule has 19 heavy (non-hydrogen) atoms. The van der Waals surface area contributed by atoms with Gasteiger partial charge in [-0.25, -0.2) is 0 Å². The maximum absolute atomic E-state index is 12.6. The van der Waals surface area contributed by atoms with E-state index in [1.165, 1.54) is 0 Å². The van der Waals surface area contributed by atoms with Crippen LogP contribution in [0.3, 0.4) is 0 Å². The SMILES string of the molecule is CCc1nn(C)cc1CNC(=O)C(C)(N)C(F)(F)F. The van der Waals surface area contributed by atoms with Crippen LogP contribution in [0.15, 0.2) is 6.20 Å². The smallest absolute Gasteiger partial charge is 0.350 e. The molecule has 1 atom stereocenters. The predicted octanol–water partition coefficient (Wildman–Crippen LogP) is 0.878. The van der Waals surface area contributed by atoms with Crippen LogP contribution in [-0.4, -0.2) is 27.4 Å². The Bertz CT molecular complexity index is 465. The van der Waals surface area contributed by atoms with Crippen LogP contribution in [0.2, 0.25) is 0 Å². The minimum atomic E-state index is -4.79. The lowest BCUT2D eigenvalue weighted by atomic mass is 10.0. The van der Waals surface area contributed by atoms with Crippen molar-refractivity contribution in [1.29, 1.82) is 0 Å². The van der Waals surface area contributed by atoms with Crippen LogP contribution in [0.4, 0.5) is 13.2 Å². The average Bonchev–Trinajstić information content (AvgIpc) is 2.64. The third kappa shape index (κ3) is 3.25. The van der Waals surface area contributed by atoms with Crippen LogP contribution in [0.1, 0.15) is 25.1 Å². The van der Waals surface area contributed by atoms with Crippen molar-refractivity contribution in [2.24, 2.45) is 12.8 Å². The van der Waals surface area contributed by atoms with Gasteiger partial charge in [-0.05, 0) is 13.3 Å². The first kappa shape index (κ1) is 15.5. The standard InChI is InChI=1S/C11H17F3N4O/c1-4-8-7(6-18(3)17-8)5-16-9(19)10(2,15)11(12,13)14/h6H,4-5,15H2,1-3H3,(H,16,19).